The molecule has 1 spiro atoms. The first-order valence-electron chi connectivity index (χ1n) is 12.7. The minimum absolute atomic E-state index is 0.122. The number of nitrogens with zero attached hydrogens (tertiary/aromatic N) is 4. The third kappa shape index (κ3) is 4.50. The van der Waals surface area contributed by atoms with Crippen molar-refractivity contribution in [3.8, 4) is 11.4 Å². The van der Waals surface area contributed by atoms with E-state index in [4.69, 9.17) is 4.74 Å². The second-order valence-corrected chi connectivity index (χ2v) is 10.1. The van der Waals surface area contributed by atoms with Gasteiger partial charge >= 0.3 is 6.09 Å². The zero-order chi connectivity index (χ0) is 22.8. The topological polar surface area (TPSA) is 58.6 Å². The summed E-state index contributed by atoms with van der Waals surface area (Å²) in [6.45, 7) is 8.75. The molecule has 1 aromatic heterocycles. The summed E-state index contributed by atoms with van der Waals surface area (Å²) < 4.78 is 5.40. The van der Waals surface area contributed by atoms with Crippen molar-refractivity contribution >= 4 is 6.09 Å². The number of rotatable bonds is 6. The van der Waals surface area contributed by atoms with Crippen LogP contribution in [0, 0.1) is 5.41 Å². The lowest BCUT2D eigenvalue weighted by molar-refractivity contribution is -0.0679. The van der Waals surface area contributed by atoms with Crippen LogP contribution >= 0.6 is 0 Å². The number of carbonyl (C=O) groups is 1. The number of amides is 1. The summed E-state index contributed by atoms with van der Waals surface area (Å²) >= 11 is 0. The van der Waals surface area contributed by atoms with Gasteiger partial charge in [0.2, 0.25) is 0 Å². The van der Waals surface area contributed by atoms with E-state index in [-0.39, 0.29) is 6.09 Å². The van der Waals surface area contributed by atoms with Crippen molar-refractivity contribution in [1.29, 1.82) is 0 Å². The maximum Gasteiger partial charge on any atom is 0.409 e. The number of hydrogen-bond acceptors (Lipinski definition) is 5. The molecule has 0 saturated carbocycles. The first-order chi connectivity index (χ1) is 16.1. The average Bonchev–Trinajstić information content (AvgIpc) is 3.25. The highest BCUT2D eigenvalue weighted by molar-refractivity contribution is 5.67. The number of ether oxygens (including phenoxy) is 1. The summed E-state index contributed by atoms with van der Waals surface area (Å²) in [7, 11) is 0. The van der Waals surface area contributed by atoms with Gasteiger partial charge in [-0.15, -0.1) is 0 Å². The van der Waals surface area contributed by atoms with E-state index < -0.39 is 0 Å². The number of aryl methyl sites for hydroxylation is 2. The minimum atomic E-state index is -0.122. The Morgan fingerprint density at radius 1 is 1.15 bits per heavy atom. The number of unbranched alkanes of at least 4 members (excludes halogenated alkanes) is 1. The molecule has 6 heteroatoms. The lowest BCUT2D eigenvalue weighted by Gasteiger charge is -2.56. The predicted molar refractivity (Wildman–Crippen MR) is 129 cm³/mol. The first-order valence-corrected chi connectivity index (χ1v) is 12.7. The number of aromatic nitrogens is 2. The summed E-state index contributed by atoms with van der Waals surface area (Å²) in [6, 6.07) is 7.32. The van der Waals surface area contributed by atoms with Crippen molar-refractivity contribution in [1.82, 2.24) is 19.8 Å². The molecular weight excluding hydrogens is 412 g/mol. The standard InChI is InChI=1S/C27H36N4O2/c1-3-5-14-33-26(32)30-12-10-27(11-13-30)18-31(19-27)24-9-7-21-15-22(6-8-23(21)24)25-28-16-20(4-2)17-29-25/h6,8,15-17,24H,3-5,7,9-14,18-19H2,1-2H3/t24-/m1/s1. The molecule has 1 amide bonds. The number of benzene rings is 1. The second-order valence-electron chi connectivity index (χ2n) is 10.1. The Morgan fingerprint density at radius 3 is 2.61 bits per heavy atom. The normalized spacial score (nSPS) is 21.6. The fourth-order valence-electron chi connectivity index (χ4n) is 5.71. The molecule has 2 fully saturated rings. The zero-order valence-electron chi connectivity index (χ0n) is 20.1. The fourth-order valence-corrected chi connectivity index (χ4v) is 5.71. The van der Waals surface area contributed by atoms with E-state index in [9.17, 15) is 4.79 Å². The van der Waals surface area contributed by atoms with E-state index in [0.717, 1.165) is 76.1 Å². The van der Waals surface area contributed by atoms with Crippen LogP contribution in [0.25, 0.3) is 11.4 Å². The summed E-state index contributed by atoms with van der Waals surface area (Å²) in [4.78, 5) is 25.9. The molecule has 2 saturated heterocycles. The van der Waals surface area contributed by atoms with Gasteiger partial charge in [0.1, 0.15) is 0 Å². The molecule has 3 aliphatic rings. The van der Waals surface area contributed by atoms with Gasteiger partial charge in [0.05, 0.1) is 6.61 Å². The Bertz CT molecular complexity index is 974. The maximum atomic E-state index is 12.2. The molecule has 2 aromatic rings. The van der Waals surface area contributed by atoms with E-state index >= 15 is 0 Å². The van der Waals surface area contributed by atoms with E-state index in [1.54, 1.807) is 0 Å². The van der Waals surface area contributed by atoms with Crippen LogP contribution in [0.4, 0.5) is 4.79 Å². The molecule has 1 atom stereocenters. The van der Waals surface area contributed by atoms with Crippen molar-refractivity contribution in [2.45, 2.75) is 64.8 Å². The van der Waals surface area contributed by atoms with Gasteiger partial charge in [-0.25, -0.2) is 14.8 Å². The van der Waals surface area contributed by atoms with Crippen molar-refractivity contribution < 1.29 is 9.53 Å². The van der Waals surface area contributed by atoms with Gasteiger partial charge in [-0.2, -0.15) is 0 Å². The first kappa shape index (κ1) is 22.3. The molecule has 1 aliphatic carbocycles. The molecule has 2 aliphatic heterocycles. The van der Waals surface area contributed by atoms with Gasteiger partial charge in [0.15, 0.2) is 5.82 Å². The number of likely N-dealkylation sites (tertiary alicyclic amines) is 2. The third-order valence-corrected chi connectivity index (χ3v) is 7.88. The highest BCUT2D eigenvalue weighted by Gasteiger charge is 2.48. The van der Waals surface area contributed by atoms with Crippen molar-refractivity contribution in [3.63, 3.8) is 0 Å². The quantitative estimate of drug-likeness (QED) is 0.580. The third-order valence-electron chi connectivity index (χ3n) is 7.88. The second kappa shape index (κ2) is 9.41. The van der Waals surface area contributed by atoms with Gasteiger partial charge in [-0.05, 0) is 66.7 Å². The summed E-state index contributed by atoms with van der Waals surface area (Å²) in [5.74, 6) is 0.821. The molecule has 0 radical (unpaired) electrons. The predicted octanol–water partition coefficient (Wildman–Crippen LogP) is 5.03. The molecule has 3 heterocycles. The highest BCUT2D eigenvalue weighted by Crippen LogP contribution is 2.48. The minimum Gasteiger partial charge on any atom is -0.449 e. The fraction of sp³-hybridized carbons (Fsp3) is 0.593. The molecule has 0 unspecified atom stereocenters. The Hall–Kier alpha value is -2.47. The van der Waals surface area contributed by atoms with Gasteiger partial charge in [0, 0.05) is 50.2 Å². The van der Waals surface area contributed by atoms with Crippen LogP contribution in [0.15, 0.2) is 30.6 Å². The van der Waals surface area contributed by atoms with Crippen LogP contribution < -0.4 is 0 Å². The van der Waals surface area contributed by atoms with Gasteiger partial charge in [0.25, 0.3) is 0 Å². The Morgan fingerprint density at radius 2 is 1.91 bits per heavy atom. The Balaban J connectivity index is 1.16. The van der Waals surface area contributed by atoms with E-state index in [2.05, 4.69) is 46.9 Å². The molecule has 5 rings (SSSR count). The molecule has 33 heavy (non-hydrogen) atoms. The smallest absolute Gasteiger partial charge is 0.409 e. The summed E-state index contributed by atoms with van der Waals surface area (Å²) in [5, 5.41) is 0. The van der Waals surface area contributed by atoms with E-state index in [1.807, 2.05) is 17.3 Å². The average molecular weight is 449 g/mol. The van der Waals surface area contributed by atoms with E-state index in [0.29, 0.717) is 18.1 Å². The van der Waals surface area contributed by atoms with Gasteiger partial charge in [-0.1, -0.05) is 32.4 Å². The molecule has 6 nitrogen and oxygen atoms in total. The van der Waals surface area contributed by atoms with Crippen LogP contribution in [0.1, 0.15) is 68.7 Å². The van der Waals surface area contributed by atoms with Crippen LogP contribution in [0.3, 0.4) is 0 Å². The van der Waals surface area contributed by atoms with Crippen molar-refractivity contribution in [2.24, 2.45) is 5.41 Å². The lowest BCUT2D eigenvalue weighted by atomic mass is 9.71. The number of hydrogen-bond donors (Lipinski definition) is 0. The molecule has 0 N–H and O–H groups in total. The molecular formula is C27H36N4O2. The zero-order valence-corrected chi connectivity index (χ0v) is 20.1. The SMILES string of the molecule is CCCCOC(=O)N1CCC2(CC1)CN([C@@H]1CCc3cc(-c4ncc(CC)cn4)ccc31)C2. The molecule has 176 valence electrons. The summed E-state index contributed by atoms with van der Waals surface area (Å²) in [6.07, 6.45) is 11.2. The monoisotopic (exact) mass is 448 g/mol. The molecule has 1 aromatic carbocycles. The van der Waals surface area contributed by atoms with Gasteiger partial charge in [-0.3, -0.25) is 4.90 Å². The van der Waals surface area contributed by atoms with E-state index in [1.165, 1.54) is 23.1 Å². The largest absolute Gasteiger partial charge is 0.449 e. The van der Waals surface area contributed by atoms with Crippen LogP contribution in [0.5, 0.6) is 0 Å². The number of piperidine rings is 1. The lowest BCUT2D eigenvalue weighted by Crippen LogP contribution is -2.61. The van der Waals surface area contributed by atoms with Crippen molar-refractivity contribution in [2.75, 3.05) is 32.8 Å². The van der Waals surface area contributed by atoms with Crippen molar-refractivity contribution in [3.05, 3.63) is 47.3 Å². The summed E-state index contributed by atoms with van der Waals surface area (Å²) in [5.41, 5.74) is 5.61. The highest BCUT2D eigenvalue weighted by atomic mass is 16.6. The Kier molecular flexibility index (Phi) is 6.37. The number of carbonyl (C=O) groups excluding carboxylic acids is 1. The maximum absolute atomic E-state index is 12.2. The van der Waals surface area contributed by atoms with Crippen LogP contribution in [-0.4, -0.2) is 58.6 Å². The Labute approximate surface area is 197 Å². The van der Waals surface area contributed by atoms with Crippen LogP contribution in [-0.2, 0) is 17.6 Å². The van der Waals surface area contributed by atoms with Gasteiger partial charge < -0.3 is 9.64 Å². The molecule has 0 bridgehead atoms. The van der Waals surface area contributed by atoms with Crippen LogP contribution in [0.2, 0.25) is 0 Å². The number of fused-ring (bicyclic) bond motifs is 1.